The largest absolute Gasteiger partial charge is 0.491 e. The van der Waals surface area contributed by atoms with E-state index in [1.165, 1.54) is 6.07 Å². The zero-order valence-electron chi connectivity index (χ0n) is 17.8. The summed E-state index contributed by atoms with van der Waals surface area (Å²) in [6, 6.07) is 13.7. The van der Waals surface area contributed by atoms with Gasteiger partial charge in [-0.2, -0.15) is 0 Å². The third-order valence-corrected chi connectivity index (χ3v) is 5.28. The second kappa shape index (κ2) is 9.34. The molecule has 3 aromatic carbocycles. The number of benzene rings is 3. The monoisotopic (exact) mass is 440 g/mol. The zero-order chi connectivity index (χ0) is 22.7. The summed E-state index contributed by atoms with van der Waals surface area (Å²) in [7, 11) is 0. The number of rotatable bonds is 8. The molecule has 0 radical (unpaired) electrons. The molecule has 0 aliphatic heterocycles. The fourth-order valence-electron chi connectivity index (χ4n) is 3.66. The Morgan fingerprint density at radius 1 is 0.906 bits per heavy atom. The first-order chi connectivity index (χ1) is 15.5. The molecule has 32 heavy (non-hydrogen) atoms. The number of aromatic amines is 1. The molecule has 4 rings (SSSR count). The number of aromatic nitrogens is 2. The predicted molar refractivity (Wildman–Crippen MR) is 116 cm³/mol. The summed E-state index contributed by atoms with van der Waals surface area (Å²) in [6.07, 6.45) is 0.773. The Kier molecular flexibility index (Phi) is 6.35. The van der Waals surface area contributed by atoms with Crippen molar-refractivity contribution in [3.63, 3.8) is 0 Å². The molecule has 0 aliphatic carbocycles. The van der Waals surface area contributed by atoms with E-state index in [9.17, 15) is 13.2 Å². The quantitative estimate of drug-likeness (QED) is 0.340. The molecule has 0 bridgehead atoms. The first-order valence-electron chi connectivity index (χ1n) is 10.5. The van der Waals surface area contributed by atoms with Crippen molar-refractivity contribution in [3.8, 4) is 11.5 Å². The molecule has 4 nitrogen and oxygen atoms in total. The van der Waals surface area contributed by atoms with E-state index >= 15 is 0 Å². The van der Waals surface area contributed by atoms with Gasteiger partial charge in [0.2, 0.25) is 0 Å². The van der Waals surface area contributed by atoms with E-state index in [1.54, 1.807) is 25.1 Å². The molecule has 1 aromatic heterocycles. The first kappa shape index (κ1) is 21.7. The van der Waals surface area contributed by atoms with Gasteiger partial charge in [0.15, 0.2) is 11.6 Å². The maximum absolute atomic E-state index is 14.2. The number of nitrogens with one attached hydrogen (secondary N) is 1. The minimum atomic E-state index is -0.511. The summed E-state index contributed by atoms with van der Waals surface area (Å²) < 4.78 is 52.2. The summed E-state index contributed by atoms with van der Waals surface area (Å²) >= 11 is 0. The van der Waals surface area contributed by atoms with Crippen molar-refractivity contribution < 1.29 is 22.6 Å². The minimum Gasteiger partial charge on any atom is -0.491 e. The number of fused-ring (bicyclic) bond motifs is 1. The second-order valence-electron chi connectivity index (χ2n) is 7.41. The summed E-state index contributed by atoms with van der Waals surface area (Å²) in [5.74, 6) is -0.0312. The van der Waals surface area contributed by atoms with Gasteiger partial charge in [-0.1, -0.05) is 19.1 Å². The van der Waals surface area contributed by atoms with Crippen molar-refractivity contribution in [2.75, 3.05) is 6.61 Å². The number of ether oxygens (including phenoxy) is 2. The van der Waals surface area contributed by atoms with E-state index < -0.39 is 17.5 Å². The van der Waals surface area contributed by atoms with Crippen molar-refractivity contribution in [1.82, 2.24) is 9.97 Å². The molecule has 166 valence electrons. The average molecular weight is 440 g/mol. The van der Waals surface area contributed by atoms with Crippen LogP contribution in [0.4, 0.5) is 13.2 Å². The van der Waals surface area contributed by atoms with Crippen LogP contribution in [0, 0.1) is 17.5 Å². The molecule has 0 amide bonds. The Bertz CT molecular complexity index is 1220. The van der Waals surface area contributed by atoms with Crippen molar-refractivity contribution in [2.24, 2.45) is 0 Å². The molecule has 0 aliphatic rings. The van der Waals surface area contributed by atoms with Crippen LogP contribution in [0.15, 0.2) is 54.6 Å². The SMILES string of the molecule is CCOc1cc2nc(C(CC)c3ccc(OCc4cc(F)ccc4F)cc3)[nH]c2cc1F. The molecule has 1 N–H and O–H groups in total. The van der Waals surface area contributed by atoms with Gasteiger partial charge >= 0.3 is 0 Å². The second-order valence-corrected chi connectivity index (χ2v) is 7.41. The zero-order valence-corrected chi connectivity index (χ0v) is 17.8. The smallest absolute Gasteiger partial charge is 0.167 e. The molecule has 4 aromatic rings. The summed E-state index contributed by atoms with van der Waals surface area (Å²) in [5.41, 5.74) is 2.40. The number of H-pyrrole nitrogens is 1. The fraction of sp³-hybridized carbons (Fsp3) is 0.240. The third-order valence-electron chi connectivity index (χ3n) is 5.28. The molecule has 1 atom stereocenters. The highest BCUT2D eigenvalue weighted by molar-refractivity contribution is 5.77. The van der Waals surface area contributed by atoms with Crippen LogP contribution in [0.5, 0.6) is 11.5 Å². The molecule has 0 fully saturated rings. The highest BCUT2D eigenvalue weighted by Crippen LogP contribution is 2.31. The van der Waals surface area contributed by atoms with Crippen molar-refractivity contribution in [1.29, 1.82) is 0 Å². The van der Waals surface area contributed by atoms with Gasteiger partial charge in [0.05, 0.1) is 17.6 Å². The number of halogens is 3. The maximum atomic E-state index is 14.2. The maximum Gasteiger partial charge on any atom is 0.167 e. The number of hydrogen-bond acceptors (Lipinski definition) is 3. The lowest BCUT2D eigenvalue weighted by atomic mass is 9.96. The highest BCUT2D eigenvalue weighted by atomic mass is 19.1. The van der Waals surface area contributed by atoms with Gasteiger partial charge in [-0.15, -0.1) is 0 Å². The highest BCUT2D eigenvalue weighted by Gasteiger charge is 2.18. The third kappa shape index (κ3) is 4.56. The lowest BCUT2D eigenvalue weighted by Gasteiger charge is -2.14. The number of imidazole rings is 1. The summed E-state index contributed by atoms with van der Waals surface area (Å²) in [4.78, 5) is 7.86. The van der Waals surface area contributed by atoms with Gasteiger partial charge in [-0.05, 0) is 49.2 Å². The fourth-order valence-corrected chi connectivity index (χ4v) is 3.66. The van der Waals surface area contributed by atoms with E-state index in [-0.39, 0.29) is 23.8 Å². The Morgan fingerprint density at radius 3 is 2.41 bits per heavy atom. The van der Waals surface area contributed by atoms with Crippen LogP contribution >= 0.6 is 0 Å². The van der Waals surface area contributed by atoms with E-state index in [2.05, 4.69) is 9.97 Å². The Hall–Kier alpha value is -3.48. The molecule has 1 unspecified atom stereocenters. The molecule has 0 spiro atoms. The number of hydrogen-bond donors (Lipinski definition) is 1. The van der Waals surface area contributed by atoms with Gasteiger partial charge in [-0.25, -0.2) is 18.2 Å². The molecule has 7 heteroatoms. The van der Waals surface area contributed by atoms with Gasteiger partial charge in [-0.3, -0.25) is 0 Å². The van der Waals surface area contributed by atoms with Crippen molar-refractivity contribution >= 4 is 11.0 Å². The Labute approximate surface area is 184 Å². The lowest BCUT2D eigenvalue weighted by Crippen LogP contribution is -2.03. The molecular formula is C25H23F3N2O2. The summed E-state index contributed by atoms with van der Waals surface area (Å²) in [5, 5.41) is 0. The van der Waals surface area contributed by atoms with Crippen LogP contribution in [0.2, 0.25) is 0 Å². The molecular weight excluding hydrogens is 417 g/mol. The van der Waals surface area contributed by atoms with Gasteiger partial charge in [0, 0.05) is 23.6 Å². The van der Waals surface area contributed by atoms with Crippen LogP contribution in [0.1, 0.15) is 43.1 Å². The minimum absolute atomic E-state index is 0.0317. The average Bonchev–Trinajstić information content (AvgIpc) is 3.18. The van der Waals surface area contributed by atoms with Crippen LogP contribution in [-0.4, -0.2) is 16.6 Å². The normalized spacial score (nSPS) is 12.2. The van der Waals surface area contributed by atoms with E-state index in [0.717, 1.165) is 36.0 Å². The van der Waals surface area contributed by atoms with Gasteiger partial charge in [0.25, 0.3) is 0 Å². The predicted octanol–water partition coefficient (Wildman–Crippen LogP) is 6.50. The molecule has 0 saturated heterocycles. The Balaban J connectivity index is 1.52. The standard InChI is InChI=1S/C25H23F3N2O2/c1-3-19(25-29-22-12-21(28)24(31-4-2)13-23(22)30-25)15-5-8-18(9-6-15)32-14-16-11-17(26)7-10-20(16)27/h5-13,19H,3-4,14H2,1-2H3,(H,29,30). The topological polar surface area (TPSA) is 47.1 Å². The molecule has 0 saturated carbocycles. The van der Waals surface area contributed by atoms with Crippen molar-refractivity contribution in [3.05, 3.63) is 89.0 Å². The number of nitrogens with zero attached hydrogens (tertiary/aromatic N) is 1. The van der Waals surface area contributed by atoms with Gasteiger partial charge in [0.1, 0.15) is 29.8 Å². The van der Waals surface area contributed by atoms with Gasteiger partial charge < -0.3 is 14.5 Å². The van der Waals surface area contributed by atoms with E-state index in [0.29, 0.717) is 23.4 Å². The van der Waals surface area contributed by atoms with E-state index in [4.69, 9.17) is 9.47 Å². The van der Waals surface area contributed by atoms with Crippen LogP contribution in [0.3, 0.4) is 0 Å². The first-order valence-corrected chi connectivity index (χ1v) is 10.5. The van der Waals surface area contributed by atoms with Crippen molar-refractivity contribution in [2.45, 2.75) is 32.8 Å². The summed E-state index contributed by atoms with van der Waals surface area (Å²) in [6.45, 7) is 4.14. The Morgan fingerprint density at radius 2 is 1.69 bits per heavy atom. The molecule has 1 heterocycles. The lowest BCUT2D eigenvalue weighted by molar-refractivity contribution is 0.299. The van der Waals surface area contributed by atoms with Crippen LogP contribution < -0.4 is 9.47 Å². The van der Waals surface area contributed by atoms with Crippen LogP contribution in [0.25, 0.3) is 11.0 Å². The van der Waals surface area contributed by atoms with Crippen LogP contribution in [-0.2, 0) is 6.61 Å². The van der Waals surface area contributed by atoms with E-state index in [1.807, 2.05) is 19.1 Å².